The summed E-state index contributed by atoms with van der Waals surface area (Å²) in [6.07, 6.45) is 0.844. The number of nitrogens with one attached hydrogen (secondary N) is 1. The zero-order valence-electron chi connectivity index (χ0n) is 11.1. The van der Waals surface area contributed by atoms with Crippen LogP contribution in [0.4, 0.5) is 4.39 Å². The first kappa shape index (κ1) is 13.4. The third kappa shape index (κ3) is 2.28. The number of rotatable bonds is 3. The summed E-state index contributed by atoms with van der Waals surface area (Å²) in [7, 11) is 1.80. The van der Waals surface area contributed by atoms with Crippen LogP contribution in [0.2, 0.25) is 5.02 Å². The van der Waals surface area contributed by atoms with E-state index in [0.29, 0.717) is 17.2 Å². The molecule has 20 heavy (non-hydrogen) atoms. The Balaban J connectivity index is 2.13. The van der Waals surface area contributed by atoms with Gasteiger partial charge < -0.3 is 10.1 Å². The van der Waals surface area contributed by atoms with Gasteiger partial charge in [-0.25, -0.2) is 4.39 Å². The van der Waals surface area contributed by atoms with Gasteiger partial charge in [0.05, 0.1) is 12.6 Å². The minimum atomic E-state index is -0.276. The first-order valence-corrected chi connectivity index (χ1v) is 6.95. The minimum absolute atomic E-state index is 0.237. The number of fused-ring (bicyclic) bond motifs is 1. The standard InChI is InChI=1S/C16H15ClFNO/c1-19-15(12-4-2-3-5-14(12)18)13-9-11(17)8-10-6-7-20-16(10)13/h2-5,8-9,15,19H,6-7H2,1H3. The average molecular weight is 292 g/mol. The van der Waals surface area contributed by atoms with E-state index in [1.165, 1.54) is 6.07 Å². The highest BCUT2D eigenvalue weighted by atomic mass is 35.5. The maximum absolute atomic E-state index is 14.1. The van der Waals surface area contributed by atoms with E-state index in [9.17, 15) is 4.39 Å². The fourth-order valence-corrected chi connectivity index (χ4v) is 2.95. The monoisotopic (exact) mass is 291 g/mol. The van der Waals surface area contributed by atoms with Crippen molar-refractivity contribution in [2.24, 2.45) is 0 Å². The molecule has 0 bridgehead atoms. The Labute approximate surface area is 122 Å². The molecule has 2 aromatic rings. The largest absolute Gasteiger partial charge is 0.493 e. The molecule has 1 aliphatic rings. The van der Waals surface area contributed by atoms with Gasteiger partial charge in [0.25, 0.3) is 0 Å². The second-order valence-electron chi connectivity index (χ2n) is 4.82. The van der Waals surface area contributed by atoms with Crippen molar-refractivity contribution in [2.75, 3.05) is 13.7 Å². The Morgan fingerprint density at radius 3 is 2.80 bits per heavy atom. The van der Waals surface area contributed by atoms with E-state index in [1.807, 2.05) is 18.2 Å². The van der Waals surface area contributed by atoms with Gasteiger partial charge in [0.1, 0.15) is 11.6 Å². The lowest BCUT2D eigenvalue weighted by molar-refractivity contribution is 0.350. The highest BCUT2D eigenvalue weighted by Gasteiger charge is 2.25. The van der Waals surface area contributed by atoms with Crippen molar-refractivity contribution in [2.45, 2.75) is 12.5 Å². The molecular weight excluding hydrogens is 277 g/mol. The molecule has 2 aromatic carbocycles. The molecule has 1 atom stereocenters. The smallest absolute Gasteiger partial charge is 0.128 e. The van der Waals surface area contributed by atoms with Crippen LogP contribution in [-0.2, 0) is 6.42 Å². The second kappa shape index (κ2) is 5.43. The maximum atomic E-state index is 14.1. The average Bonchev–Trinajstić information content (AvgIpc) is 2.89. The first-order valence-electron chi connectivity index (χ1n) is 6.57. The van der Waals surface area contributed by atoms with Crippen LogP contribution >= 0.6 is 11.6 Å². The molecule has 0 fully saturated rings. The molecule has 0 saturated heterocycles. The molecule has 104 valence electrons. The van der Waals surface area contributed by atoms with Gasteiger partial charge in [0.15, 0.2) is 0 Å². The Morgan fingerprint density at radius 2 is 2.05 bits per heavy atom. The molecule has 0 amide bonds. The van der Waals surface area contributed by atoms with Gasteiger partial charge in [-0.05, 0) is 30.8 Å². The lowest BCUT2D eigenvalue weighted by Gasteiger charge is -2.20. The summed E-state index contributed by atoms with van der Waals surface area (Å²) in [5.74, 6) is 0.593. The Kier molecular flexibility index (Phi) is 3.64. The maximum Gasteiger partial charge on any atom is 0.128 e. The van der Waals surface area contributed by atoms with Crippen LogP contribution in [0.15, 0.2) is 36.4 Å². The number of benzene rings is 2. The van der Waals surface area contributed by atoms with E-state index in [0.717, 1.165) is 23.3 Å². The van der Waals surface area contributed by atoms with Crippen LogP contribution in [0, 0.1) is 5.82 Å². The van der Waals surface area contributed by atoms with Crippen LogP contribution in [0.25, 0.3) is 0 Å². The topological polar surface area (TPSA) is 21.3 Å². The molecule has 2 nitrogen and oxygen atoms in total. The van der Waals surface area contributed by atoms with E-state index in [-0.39, 0.29) is 11.9 Å². The van der Waals surface area contributed by atoms with Gasteiger partial charge in [-0.3, -0.25) is 0 Å². The molecule has 3 rings (SSSR count). The fourth-order valence-electron chi connectivity index (χ4n) is 2.70. The van der Waals surface area contributed by atoms with Crippen LogP contribution in [-0.4, -0.2) is 13.7 Å². The third-order valence-electron chi connectivity index (χ3n) is 3.59. The first-order chi connectivity index (χ1) is 9.70. The summed E-state index contributed by atoms with van der Waals surface area (Å²) in [4.78, 5) is 0. The van der Waals surface area contributed by atoms with Gasteiger partial charge in [-0.1, -0.05) is 29.8 Å². The molecular formula is C16H15ClFNO. The summed E-state index contributed by atoms with van der Waals surface area (Å²) >= 11 is 6.18. The normalized spacial score (nSPS) is 14.8. The highest BCUT2D eigenvalue weighted by Crippen LogP contribution is 2.38. The van der Waals surface area contributed by atoms with Crippen molar-refractivity contribution in [1.29, 1.82) is 0 Å². The lowest BCUT2D eigenvalue weighted by atomic mass is 9.95. The van der Waals surface area contributed by atoms with Crippen LogP contribution < -0.4 is 10.1 Å². The zero-order valence-corrected chi connectivity index (χ0v) is 11.9. The molecule has 0 aromatic heterocycles. The predicted molar refractivity (Wildman–Crippen MR) is 78.0 cm³/mol. The molecule has 0 saturated carbocycles. The molecule has 0 radical (unpaired) electrons. The van der Waals surface area contributed by atoms with Gasteiger partial charge in [-0.2, -0.15) is 0 Å². The van der Waals surface area contributed by atoms with Crippen molar-refractivity contribution < 1.29 is 9.13 Å². The molecule has 4 heteroatoms. The quantitative estimate of drug-likeness (QED) is 0.930. The highest BCUT2D eigenvalue weighted by molar-refractivity contribution is 6.30. The predicted octanol–water partition coefficient (Wildman–Crippen LogP) is 3.72. The number of halogens is 2. The van der Waals surface area contributed by atoms with Crippen molar-refractivity contribution in [3.63, 3.8) is 0 Å². The summed E-state index contributed by atoms with van der Waals surface area (Å²) in [6, 6.07) is 10.2. The van der Waals surface area contributed by atoms with E-state index in [4.69, 9.17) is 16.3 Å². The van der Waals surface area contributed by atoms with E-state index in [2.05, 4.69) is 5.32 Å². The molecule has 1 N–H and O–H groups in total. The SMILES string of the molecule is CNC(c1ccccc1F)c1cc(Cl)cc2c1OCC2. The molecule has 1 aliphatic heterocycles. The lowest BCUT2D eigenvalue weighted by Crippen LogP contribution is -2.19. The Morgan fingerprint density at radius 1 is 1.25 bits per heavy atom. The number of hydrogen-bond donors (Lipinski definition) is 1. The summed E-state index contributed by atoms with van der Waals surface area (Å²) in [5, 5.41) is 3.81. The molecule has 1 unspecified atom stereocenters. The van der Waals surface area contributed by atoms with Crippen molar-refractivity contribution in [3.8, 4) is 5.75 Å². The fraction of sp³-hybridized carbons (Fsp3) is 0.250. The van der Waals surface area contributed by atoms with Crippen molar-refractivity contribution in [3.05, 3.63) is 63.9 Å². The van der Waals surface area contributed by atoms with Gasteiger partial charge >= 0.3 is 0 Å². The summed E-state index contributed by atoms with van der Waals surface area (Å²) in [5.41, 5.74) is 2.57. The molecule has 0 aliphatic carbocycles. The Hall–Kier alpha value is -1.58. The van der Waals surface area contributed by atoms with Gasteiger partial charge in [0, 0.05) is 22.6 Å². The molecule has 0 spiro atoms. The van der Waals surface area contributed by atoms with Gasteiger partial charge in [0.2, 0.25) is 0 Å². The van der Waals surface area contributed by atoms with Crippen LogP contribution in [0.1, 0.15) is 22.7 Å². The number of hydrogen-bond acceptors (Lipinski definition) is 2. The second-order valence-corrected chi connectivity index (χ2v) is 5.26. The van der Waals surface area contributed by atoms with Crippen molar-refractivity contribution in [1.82, 2.24) is 5.32 Å². The summed E-state index contributed by atoms with van der Waals surface area (Å²) < 4.78 is 19.8. The van der Waals surface area contributed by atoms with Crippen LogP contribution in [0.5, 0.6) is 5.75 Å². The van der Waals surface area contributed by atoms with Crippen molar-refractivity contribution >= 4 is 11.6 Å². The van der Waals surface area contributed by atoms with E-state index in [1.54, 1.807) is 19.2 Å². The van der Waals surface area contributed by atoms with Gasteiger partial charge in [-0.15, -0.1) is 0 Å². The zero-order chi connectivity index (χ0) is 14.1. The third-order valence-corrected chi connectivity index (χ3v) is 3.81. The van der Waals surface area contributed by atoms with E-state index < -0.39 is 0 Å². The van der Waals surface area contributed by atoms with E-state index >= 15 is 0 Å². The molecule has 1 heterocycles. The Bertz CT molecular complexity index is 644. The minimum Gasteiger partial charge on any atom is -0.493 e. The number of ether oxygens (including phenoxy) is 1. The summed E-state index contributed by atoms with van der Waals surface area (Å²) in [6.45, 7) is 0.649. The van der Waals surface area contributed by atoms with Crippen LogP contribution in [0.3, 0.4) is 0 Å².